The highest BCUT2D eigenvalue weighted by molar-refractivity contribution is 7.92. The lowest BCUT2D eigenvalue weighted by atomic mass is 10.2. The number of benzene rings is 1. The summed E-state index contributed by atoms with van der Waals surface area (Å²) in [4.78, 5) is 1.27. The summed E-state index contributed by atoms with van der Waals surface area (Å²) in [6.45, 7) is 0.130. The Morgan fingerprint density at radius 1 is 1.39 bits per heavy atom. The van der Waals surface area contributed by atoms with E-state index in [0.29, 0.717) is 5.56 Å². The summed E-state index contributed by atoms with van der Waals surface area (Å²) in [5.74, 6) is -0.0793. The van der Waals surface area contributed by atoms with E-state index in [4.69, 9.17) is 5.73 Å². The fourth-order valence-corrected chi connectivity index (χ4v) is 2.62. The summed E-state index contributed by atoms with van der Waals surface area (Å²) in [6.07, 6.45) is 0. The van der Waals surface area contributed by atoms with Gasteiger partial charge in [0.05, 0.1) is 11.9 Å². The van der Waals surface area contributed by atoms with Gasteiger partial charge in [-0.3, -0.25) is 0 Å². The van der Waals surface area contributed by atoms with Gasteiger partial charge in [-0.15, -0.1) is 5.10 Å². The number of hydrogen-bond acceptors (Lipinski definition) is 6. The number of hydrogen-bond donors (Lipinski definition) is 2. The van der Waals surface area contributed by atoms with Gasteiger partial charge in [0.15, 0.2) is 0 Å². The van der Waals surface area contributed by atoms with E-state index in [2.05, 4.69) is 20.1 Å². The van der Waals surface area contributed by atoms with Crippen molar-refractivity contribution in [2.75, 3.05) is 4.72 Å². The average molecular weight is 268 g/mol. The molecule has 1 aromatic carbocycles. The molecule has 0 spiro atoms. The summed E-state index contributed by atoms with van der Waals surface area (Å²) >= 11 is 0. The van der Waals surface area contributed by atoms with E-state index in [0.717, 1.165) is 4.80 Å². The molecule has 0 radical (unpaired) electrons. The molecule has 2 rings (SSSR count). The van der Waals surface area contributed by atoms with Crippen molar-refractivity contribution in [3.63, 3.8) is 0 Å². The molecule has 0 amide bonds. The summed E-state index contributed by atoms with van der Waals surface area (Å²) in [5.41, 5.74) is 6.03. The Hall–Kier alpha value is -2.00. The van der Waals surface area contributed by atoms with E-state index < -0.39 is 10.0 Å². The number of nitrogens with two attached hydrogens (primary N) is 1. The molecule has 0 unspecified atom stereocenters. The van der Waals surface area contributed by atoms with Crippen LogP contribution in [-0.2, 0) is 23.6 Å². The van der Waals surface area contributed by atoms with Crippen LogP contribution in [0.1, 0.15) is 5.56 Å². The molecule has 2 aromatic rings. The molecule has 0 saturated carbocycles. The molecule has 96 valence electrons. The van der Waals surface area contributed by atoms with Gasteiger partial charge in [-0.05, 0) is 16.8 Å². The number of sulfonamides is 1. The number of nitrogens with zero attached hydrogens (tertiary/aromatic N) is 4. The Kier molecular flexibility index (Phi) is 3.26. The summed E-state index contributed by atoms with van der Waals surface area (Å²) < 4.78 is 26.5. The Balaban J connectivity index is 2.36. The third-order valence-corrected chi connectivity index (χ3v) is 3.64. The number of nitrogens with one attached hydrogen (secondary N) is 1. The fraction of sp³-hybridized carbons (Fsp3) is 0.222. The second-order valence-electron chi connectivity index (χ2n) is 3.52. The minimum atomic E-state index is -3.75. The van der Waals surface area contributed by atoms with Crippen LogP contribution >= 0.6 is 0 Å². The first kappa shape index (κ1) is 12.5. The lowest BCUT2D eigenvalue weighted by Crippen LogP contribution is -2.17. The smallest absolute Gasteiger partial charge is 0.277 e. The van der Waals surface area contributed by atoms with Crippen molar-refractivity contribution >= 4 is 16.0 Å². The topological polar surface area (TPSA) is 116 Å². The van der Waals surface area contributed by atoms with Gasteiger partial charge in [-0.1, -0.05) is 23.3 Å². The quantitative estimate of drug-likeness (QED) is 0.770. The zero-order valence-corrected chi connectivity index (χ0v) is 10.4. The highest BCUT2D eigenvalue weighted by atomic mass is 32.2. The first-order chi connectivity index (χ1) is 8.53. The van der Waals surface area contributed by atoms with Crippen LogP contribution in [0.5, 0.6) is 0 Å². The summed E-state index contributed by atoms with van der Waals surface area (Å²) in [7, 11) is -2.21. The minimum absolute atomic E-state index is 0.0793. The van der Waals surface area contributed by atoms with Gasteiger partial charge in [0.1, 0.15) is 0 Å². The van der Waals surface area contributed by atoms with Crippen LogP contribution in [0.25, 0.3) is 0 Å². The number of aromatic nitrogens is 4. The zero-order valence-electron chi connectivity index (χ0n) is 9.61. The van der Waals surface area contributed by atoms with E-state index in [1.807, 2.05) is 0 Å². The highest BCUT2D eigenvalue weighted by Gasteiger charge is 2.19. The molecule has 0 atom stereocenters. The molecule has 1 aromatic heterocycles. The summed E-state index contributed by atoms with van der Waals surface area (Å²) in [6, 6.07) is 6.47. The molecule has 1 heterocycles. The Morgan fingerprint density at radius 2 is 2.11 bits per heavy atom. The molecule has 0 fully saturated rings. The van der Waals surface area contributed by atoms with Gasteiger partial charge in [0.2, 0.25) is 0 Å². The van der Waals surface area contributed by atoms with Gasteiger partial charge in [0, 0.05) is 6.54 Å². The van der Waals surface area contributed by atoms with Crippen molar-refractivity contribution < 1.29 is 8.42 Å². The van der Waals surface area contributed by atoms with E-state index >= 15 is 0 Å². The number of aryl methyl sites for hydroxylation is 1. The SMILES string of the molecule is Cn1nnc(NS(=O)(=O)c2ccccc2CN)n1. The van der Waals surface area contributed by atoms with Crippen molar-refractivity contribution in [3.05, 3.63) is 29.8 Å². The molecular formula is C9H12N6O2S. The highest BCUT2D eigenvalue weighted by Crippen LogP contribution is 2.17. The van der Waals surface area contributed by atoms with Crippen LogP contribution in [0, 0.1) is 0 Å². The largest absolute Gasteiger partial charge is 0.326 e. The molecule has 0 aliphatic rings. The molecule has 9 heteroatoms. The average Bonchev–Trinajstić information content (AvgIpc) is 2.74. The number of rotatable bonds is 4. The molecule has 8 nitrogen and oxygen atoms in total. The normalized spacial score (nSPS) is 11.4. The second-order valence-corrected chi connectivity index (χ2v) is 5.17. The lowest BCUT2D eigenvalue weighted by Gasteiger charge is -2.08. The standard InChI is InChI=1S/C9H12N6O2S/c1-15-12-9(11-14-15)13-18(16,17)8-5-3-2-4-7(8)6-10/h2-5H,6,10H2,1H3,(H,12,13). The van der Waals surface area contributed by atoms with Crippen LogP contribution in [0.4, 0.5) is 5.95 Å². The first-order valence-corrected chi connectivity index (χ1v) is 6.56. The van der Waals surface area contributed by atoms with E-state index in [1.54, 1.807) is 25.2 Å². The van der Waals surface area contributed by atoms with Crippen molar-refractivity contribution in [1.29, 1.82) is 0 Å². The molecule has 0 aliphatic heterocycles. The second kappa shape index (κ2) is 4.70. The van der Waals surface area contributed by atoms with Crippen molar-refractivity contribution in [3.8, 4) is 0 Å². The third kappa shape index (κ3) is 2.46. The molecule has 0 saturated heterocycles. The van der Waals surface area contributed by atoms with Gasteiger partial charge in [-0.25, -0.2) is 13.1 Å². The zero-order chi connectivity index (χ0) is 13.2. The van der Waals surface area contributed by atoms with Gasteiger partial charge in [0.25, 0.3) is 16.0 Å². The number of anilines is 1. The van der Waals surface area contributed by atoms with E-state index in [1.165, 1.54) is 6.07 Å². The minimum Gasteiger partial charge on any atom is -0.326 e. The molecule has 3 N–H and O–H groups in total. The van der Waals surface area contributed by atoms with Crippen LogP contribution in [0.3, 0.4) is 0 Å². The van der Waals surface area contributed by atoms with Crippen LogP contribution in [0.15, 0.2) is 29.2 Å². The van der Waals surface area contributed by atoms with Gasteiger partial charge < -0.3 is 5.73 Å². The third-order valence-electron chi connectivity index (χ3n) is 2.22. The summed E-state index contributed by atoms with van der Waals surface area (Å²) in [5, 5.41) is 10.9. The monoisotopic (exact) mass is 268 g/mol. The van der Waals surface area contributed by atoms with Crippen molar-refractivity contribution in [2.45, 2.75) is 11.4 Å². The van der Waals surface area contributed by atoms with Crippen LogP contribution < -0.4 is 10.5 Å². The molecular weight excluding hydrogens is 256 g/mol. The van der Waals surface area contributed by atoms with Crippen LogP contribution in [0.2, 0.25) is 0 Å². The maximum atomic E-state index is 12.1. The predicted molar refractivity (Wildman–Crippen MR) is 63.9 cm³/mol. The molecule has 18 heavy (non-hydrogen) atoms. The molecule has 0 bridgehead atoms. The lowest BCUT2D eigenvalue weighted by molar-refractivity contribution is 0.599. The maximum Gasteiger partial charge on any atom is 0.277 e. The number of tetrazole rings is 1. The van der Waals surface area contributed by atoms with Crippen LogP contribution in [-0.4, -0.2) is 28.6 Å². The Labute approximate surface area is 104 Å². The molecule has 0 aliphatic carbocycles. The van der Waals surface area contributed by atoms with E-state index in [-0.39, 0.29) is 17.4 Å². The first-order valence-electron chi connectivity index (χ1n) is 5.08. The van der Waals surface area contributed by atoms with Crippen molar-refractivity contribution in [1.82, 2.24) is 20.2 Å². The van der Waals surface area contributed by atoms with Crippen molar-refractivity contribution in [2.24, 2.45) is 12.8 Å². The fourth-order valence-electron chi connectivity index (χ4n) is 1.43. The maximum absolute atomic E-state index is 12.1. The van der Waals surface area contributed by atoms with E-state index in [9.17, 15) is 8.42 Å². The Bertz CT molecular complexity index is 651. The predicted octanol–water partition coefficient (Wildman–Crippen LogP) is -0.530. The Morgan fingerprint density at radius 3 is 2.72 bits per heavy atom. The van der Waals surface area contributed by atoms with Gasteiger partial charge >= 0.3 is 0 Å². The van der Waals surface area contributed by atoms with Gasteiger partial charge in [-0.2, -0.15) is 4.80 Å².